The molecule has 0 saturated carbocycles. The van der Waals surface area contributed by atoms with Gasteiger partial charge in [0.25, 0.3) is 0 Å². The number of unbranched alkanes of at least 4 members (excludes halogenated alkanes) is 10. The molecule has 0 heterocycles. The van der Waals surface area contributed by atoms with E-state index in [0.29, 0.717) is 0 Å². The van der Waals surface area contributed by atoms with Crippen LogP contribution >= 0.6 is 0 Å². The number of hydrogen-bond donors (Lipinski definition) is 0. The van der Waals surface area contributed by atoms with Crippen molar-refractivity contribution in [2.24, 2.45) is 0 Å². The first kappa shape index (κ1) is 31.9. The molecule has 1 unspecified atom stereocenters. The molecule has 1 atom stereocenters. The average molecular weight is 477 g/mol. The van der Waals surface area contributed by atoms with Crippen LogP contribution in [0.3, 0.4) is 0 Å². The maximum atomic E-state index is 11.1. The van der Waals surface area contributed by atoms with Crippen molar-refractivity contribution in [3.05, 3.63) is 29.3 Å². The summed E-state index contributed by atoms with van der Waals surface area (Å²) in [5, 5.41) is -0.915. The van der Waals surface area contributed by atoms with E-state index in [1.807, 2.05) is 0 Å². The van der Waals surface area contributed by atoms with Gasteiger partial charge in [-0.3, -0.25) is 0 Å². The third kappa shape index (κ3) is 15.7. The molecule has 0 bridgehead atoms. The number of ether oxygens (including phenoxy) is 1. The van der Waals surface area contributed by atoms with E-state index in [2.05, 4.69) is 32.0 Å². The van der Waals surface area contributed by atoms with Gasteiger partial charge in [0.05, 0.1) is 16.7 Å². The molecule has 0 radical (unpaired) electrons. The van der Waals surface area contributed by atoms with E-state index in [0.717, 1.165) is 18.6 Å². The van der Waals surface area contributed by atoms with Crippen LogP contribution in [0.15, 0.2) is 18.2 Å². The van der Waals surface area contributed by atoms with Gasteiger partial charge in [-0.1, -0.05) is 84.1 Å². The summed E-state index contributed by atoms with van der Waals surface area (Å²) >= 11 is 0. The molecule has 6 heteroatoms. The van der Waals surface area contributed by atoms with Gasteiger partial charge in [0, 0.05) is 5.25 Å². The van der Waals surface area contributed by atoms with Gasteiger partial charge in [0.1, 0.15) is 5.75 Å². The number of rotatable bonds is 19. The summed E-state index contributed by atoms with van der Waals surface area (Å²) in [6.07, 6.45) is 17.7. The van der Waals surface area contributed by atoms with E-state index in [-0.39, 0.29) is 42.6 Å². The Morgan fingerprint density at radius 3 is 1.66 bits per heavy atom. The largest absolute Gasteiger partial charge is 1.00 e. The Bertz CT molecular complexity index is 657. The molecule has 0 aliphatic carbocycles. The quantitative estimate of drug-likeness (QED) is 0.171. The van der Waals surface area contributed by atoms with Crippen molar-refractivity contribution < 1.29 is 47.3 Å². The number of hydrogen-bond acceptors (Lipinski definition) is 4. The zero-order valence-electron chi connectivity index (χ0n) is 21.2. The van der Waals surface area contributed by atoms with Crippen LogP contribution in [-0.4, -0.2) is 24.8 Å². The SMILES string of the molecule is CCCCCCCCc1cc(CCCCCCCC)cc(OCCC(C)S(=O)(=O)[O-])c1.[Na+]. The molecule has 1 aromatic rings. The molecule has 4 nitrogen and oxygen atoms in total. The fourth-order valence-corrected chi connectivity index (χ4v) is 4.19. The van der Waals surface area contributed by atoms with Gasteiger partial charge in [-0.2, -0.15) is 0 Å². The molecular weight excluding hydrogens is 431 g/mol. The molecule has 180 valence electrons. The molecule has 0 fully saturated rings. The van der Waals surface area contributed by atoms with Gasteiger partial charge < -0.3 is 9.29 Å². The van der Waals surface area contributed by atoms with Crippen molar-refractivity contribution in [2.45, 2.75) is 122 Å². The van der Waals surface area contributed by atoms with Crippen LogP contribution < -0.4 is 34.3 Å². The molecule has 0 spiro atoms. The van der Waals surface area contributed by atoms with Crippen molar-refractivity contribution in [1.82, 2.24) is 0 Å². The summed E-state index contributed by atoms with van der Waals surface area (Å²) in [5.74, 6) is 0.806. The van der Waals surface area contributed by atoms with Crippen molar-refractivity contribution in [3.8, 4) is 5.75 Å². The number of benzene rings is 1. The normalized spacial score (nSPS) is 12.4. The summed E-state index contributed by atoms with van der Waals surface area (Å²) < 4.78 is 39.2. The fraction of sp³-hybridized carbons (Fsp3) is 0.769. The zero-order valence-corrected chi connectivity index (χ0v) is 24.0. The van der Waals surface area contributed by atoms with E-state index in [1.54, 1.807) is 0 Å². The predicted octanol–water partition coefficient (Wildman–Crippen LogP) is 4.20. The van der Waals surface area contributed by atoms with E-state index < -0.39 is 15.4 Å². The van der Waals surface area contributed by atoms with Gasteiger partial charge in [-0.05, 0) is 62.3 Å². The van der Waals surface area contributed by atoms with Crippen LogP contribution in [0, 0.1) is 0 Å². The van der Waals surface area contributed by atoms with Crippen LogP contribution in [-0.2, 0) is 23.0 Å². The van der Waals surface area contributed by atoms with Crippen LogP contribution in [0.4, 0.5) is 0 Å². The van der Waals surface area contributed by atoms with Gasteiger partial charge in [0.2, 0.25) is 0 Å². The van der Waals surface area contributed by atoms with Gasteiger partial charge in [0.15, 0.2) is 0 Å². The van der Waals surface area contributed by atoms with Gasteiger partial charge in [-0.25, -0.2) is 8.42 Å². The summed E-state index contributed by atoms with van der Waals surface area (Å²) in [4.78, 5) is 0. The molecule has 32 heavy (non-hydrogen) atoms. The zero-order chi connectivity index (χ0) is 23.0. The van der Waals surface area contributed by atoms with E-state index in [1.165, 1.54) is 95.1 Å². The first-order valence-electron chi connectivity index (χ1n) is 12.6. The summed E-state index contributed by atoms with van der Waals surface area (Å²) in [7, 11) is -4.25. The molecule has 0 aromatic heterocycles. The second kappa shape index (κ2) is 19.3. The standard InChI is InChI=1S/C26H46O4S.Na/c1-4-6-8-10-12-14-16-24-20-25(17-15-13-11-9-7-5-2)22-26(21-24)30-19-18-23(3)31(27,28)29;/h20-23H,4-19H2,1-3H3,(H,27,28,29);/q;+1/p-1. The van der Waals surface area contributed by atoms with Gasteiger partial charge >= 0.3 is 29.6 Å². The minimum absolute atomic E-state index is 0. The monoisotopic (exact) mass is 476 g/mol. The second-order valence-corrected chi connectivity index (χ2v) is 10.8. The van der Waals surface area contributed by atoms with E-state index in [9.17, 15) is 13.0 Å². The third-order valence-electron chi connectivity index (χ3n) is 5.95. The Hall–Kier alpha value is -0.0700. The molecule has 1 rings (SSSR count). The van der Waals surface area contributed by atoms with Crippen LogP contribution in [0.5, 0.6) is 5.75 Å². The Morgan fingerprint density at radius 2 is 1.22 bits per heavy atom. The van der Waals surface area contributed by atoms with Crippen molar-refractivity contribution in [1.29, 1.82) is 0 Å². The van der Waals surface area contributed by atoms with E-state index in [4.69, 9.17) is 4.74 Å². The van der Waals surface area contributed by atoms with Crippen molar-refractivity contribution in [3.63, 3.8) is 0 Å². The third-order valence-corrected chi connectivity index (χ3v) is 7.17. The van der Waals surface area contributed by atoms with Crippen LogP contribution in [0.2, 0.25) is 0 Å². The van der Waals surface area contributed by atoms with E-state index >= 15 is 0 Å². The predicted molar refractivity (Wildman–Crippen MR) is 130 cm³/mol. The Labute approximate surface area is 220 Å². The summed E-state index contributed by atoms with van der Waals surface area (Å²) in [6.45, 7) is 6.18. The first-order chi connectivity index (χ1) is 14.9. The van der Waals surface area contributed by atoms with Crippen LogP contribution in [0.1, 0.15) is 115 Å². The number of aryl methyl sites for hydroxylation is 2. The van der Waals surface area contributed by atoms with Crippen molar-refractivity contribution in [2.75, 3.05) is 6.61 Å². The Kier molecular flexibility index (Phi) is 19.2. The maximum absolute atomic E-state index is 11.1. The Morgan fingerprint density at radius 1 is 0.781 bits per heavy atom. The average Bonchev–Trinajstić information content (AvgIpc) is 2.72. The fourth-order valence-electron chi connectivity index (χ4n) is 3.81. The van der Waals surface area contributed by atoms with Gasteiger partial charge in [-0.15, -0.1) is 0 Å². The molecule has 0 N–H and O–H groups in total. The van der Waals surface area contributed by atoms with Crippen LogP contribution in [0.25, 0.3) is 0 Å². The molecule has 0 aliphatic heterocycles. The Balaban J connectivity index is 0.00000961. The molecule has 1 aromatic carbocycles. The smallest absolute Gasteiger partial charge is 0.748 e. The van der Waals surface area contributed by atoms with Crippen molar-refractivity contribution >= 4 is 10.1 Å². The summed E-state index contributed by atoms with van der Waals surface area (Å²) in [6, 6.07) is 6.50. The molecule has 0 amide bonds. The first-order valence-corrected chi connectivity index (χ1v) is 14.0. The topological polar surface area (TPSA) is 66.4 Å². The minimum Gasteiger partial charge on any atom is -0.748 e. The molecule has 0 aliphatic rings. The molecule has 0 saturated heterocycles. The second-order valence-electron chi connectivity index (χ2n) is 8.96. The minimum atomic E-state index is -4.25. The summed E-state index contributed by atoms with van der Waals surface area (Å²) in [5.41, 5.74) is 2.61. The maximum Gasteiger partial charge on any atom is 1.00 e. The molecular formula is C26H45NaO4S.